The highest BCUT2D eigenvalue weighted by atomic mass is 16.5. The Balaban J connectivity index is 1.67. The lowest BCUT2D eigenvalue weighted by Gasteiger charge is -2.26. The number of carbonyl (C=O) groups is 1. The molecule has 174 valence electrons. The molecule has 0 atom stereocenters. The summed E-state index contributed by atoms with van der Waals surface area (Å²) < 4.78 is 18.9. The smallest absolute Gasteiger partial charge is 0.226 e. The number of morpholine rings is 1. The molecule has 1 aromatic heterocycles. The van der Waals surface area contributed by atoms with Gasteiger partial charge in [-0.15, -0.1) is 0 Å². The highest BCUT2D eigenvalue weighted by Crippen LogP contribution is 2.33. The van der Waals surface area contributed by atoms with Gasteiger partial charge in [0.15, 0.2) is 0 Å². The molecule has 0 bridgehead atoms. The van der Waals surface area contributed by atoms with Crippen LogP contribution in [0, 0.1) is 6.92 Å². The van der Waals surface area contributed by atoms with Crippen LogP contribution in [0.1, 0.15) is 30.2 Å². The van der Waals surface area contributed by atoms with Crippen LogP contribution in [-0.4, -0.2) is 54.0 Å². The number of ether oxygens (including phenoxy) is 3. The molecule has 1 aliphatic heterocycles. The Bertz CT molecular complexity index is 1070. The third-order valence-corrected chi connectivity index (χ3v) is 5.86. The van der Waals surface area contributed by atoms with Crippen LogP contribution in [0.5, 0.6) is 17.4 Å². The van der Waals surface area contributed by atoms with E-state index >= 15 is 0 Å². The molecule has 7 nitrogen and oxygen atoms in total. The Labute approximate surface area is 194 Å². The fourth-order valence-electron chi connectivity index (χ4n) is 3.94. The number of nitrogens with zero attached hydrogens (tertiary/aromatic N) is 3. The predicted molar refractivity (Wildman–Crippen MR) is 126 cm³/mol. The topological polar surface area (TPSA) is 65.8 Å². The normalized spacial score (nSPS) is 13.7. The van der Waals surface area contributed by atoms with Gasteiger partial charge in [0.2, 0.25) is 11.8 Å². The van der Waals surface area contributed by atoms with Crippen molar-refractivity contribution in [3.8, 4) is 23.1 Å². The van der Waals surface area contributed by atoms with Crippen LogP contribution in [0.15, 0.2) is 48.5 Å². The summed E-state index contributed by atoms with van der Waals surface area (Å²) in [4.78, 5) is 14.7. The summed E-state index contributed by atoms with van der Waals surface area (Å²) in [7, 11) is 1.65. The van der Waals surface area contributed by atoms with Gasteiger partial charge in [-0.2, -0.15) is 5.10 Å². The molecule has 0 aliphatic carbocycles. The van der Waals surface area contributed by atoms with Gasteiger partial charge in [0.25, 0.3) is 0 Å². The minimum Gasteiger partial charge on any atom is -0.497 e. The molecule has 33 heavy (non-hydrogen) atoms. The molecule has 0 unspecified atom stereocenters. The zero-order valence-electron chi connectivity index (χ0n) is 19.5. The van der Waals surface area contributed by atoms with E-state index in [1.54, 1.807) is 7.11 Å². The van der Waals surface area contributed by atoms with E-state index in [0.29, 0.717) is 45.0 Å². The second-order valence-corrected chi connectivity index (χ2v) is 8.10. The van der Waals surface area contributed by atoms with Crippen LogP contribution in [0.25, 0.3) is 5.69 Å². The summed E-state index contributed by atoms with van der Waals surface area (Å²) in [5, 5.41) is 4.86. The third kappa shape index (κ3) is 5.37. The average Bonchev–Trinajstić information content (AvgIpc) is 3.21. The Hall–Kier alpha value is -3.32. The van der Waals surface area contributed by atoms with Crippen molar-refractivity contribution in [2.45, 2.75) is 33.1 Å². The molecule has 4 rings (SSSR count). The maximum atomic E-state index is 12.8. The fraction of sp³-hybridized carbons (Fsp3) is 0.385. The molecule has 1 saturated heterocycles. The molecule has 0 N–H and O–H groups in total. The molecule has 1 fully saturated rings. The SMILES string of the molecule is CCc1nn(-c2ccc(OC)cc2)c(Oc2ccc(C)cc2)c1CCC(=O)N1CCOCC1. The summed E-state index contributed by atoms with van der Waals surface area (Å²) in [5.74, 6) is 2.30. The van der Waals surface area contributed by atoms with E-state index in [1.165, 1.54) is 0 Å². The van der Waals surface area contributed by atoms with Crippen LogP contribution in [0.2, 0.25) is 0 Å². The molecule has 2 aromatic carbocycles. The van der Waals surface area contributed by atoms with E-state index in [2.05, 4.69) is 6.92 Å². The van der Waals surface area contributed by atoms with Crippen molar-refractivity contribution in [2.24, 2.45) is 0 Å². The summed E-state index contributed by atoms with van der Waals surface area (Å²) in [6.45, 7) is 6.62. The van der Waals surface area contributed by atoms with Crippen molar-refractivity contribution < 1.29 is 19.0 Å². The first-order valence-electron chi connectivity index (χ1n) is 11.4. The number of carbonyl (C=O) groups excluding carboxylic acids is 1. The molecule has 0 saturated carbocycles. The monoisotopic (exact) mass is 449 g/mol. The molecule has 0 radical (unpaired) electrons. The Kier molecular flexibility index (Phi) is 7.29. The van der Waals surface area contributed by atoms with Crippen LogP contribution in [0.3, 0.4) is 0 Å². The summed E-state index contributed by atoms with van der Waals surface area (Å²) >= 11 is 0. The van der Waals surface area contributed by atoms with Crippen molar-refractivity contribution in [1.29, 1.82) is 0 Å². The maximum absolute atomic E-state index is 12.8. The van der Waals surface area contributed by atoms with Gasteiger partial charge in [-0.05, 0) is 56.2 Å². The van der Waals surface area contributed by atoms with Gasteiger partial charge >= 0.3 is 0 Å². The highest BCUT2D eigenvalue weighted by molar-refractivity contribution is 5.76. The lowest BCUT2D eigenvalue weighted by molar-refractivity contribution is -0.135. The van der Waals surface area contributed by atoms with Crippen LogP contribution in [0.4, 0.5) is 0 Å². The molecule has 3 aromatic rings. The molecule has 0 spiro atoms. The lowest BCUT2D eigenvalue weighted by Crippen LogP contribution is -2.40. The zero-order valence-corrected chi connectivity index (χ0v) is 19.5. The van der Waals surface area contributed by atoms with Gasteiger partial charge in [0, 0.05) is 25.1 Å². The third-order valence-electron chi connectivity index (χ3n) is 5.86. The average molecular weight is 450 g/mol. The molecule has 7 heteroatoms. The maximum Gasteiger partial charge on any atom is 0.226 e. The Morgan fingerprint density at radius 1 is 1.03 bits per heavy atom. The first-order valence-corrected chi connectivity index (χ1v) is 11.4. The number of hydrogen-bond acceptors (Lipinski definition) is 5. The van der Waals surface area contributed by atoms with Crippen molar-refractivity contribution in [2.75, 3.05) is 33.4 Å². The Morgan fingerprint density at radius 3 is 2.33 bits per heavy atom. The highest BCUT2D eigenvalue weighted by Gasteiger charge is 2.23. The second kappa shape index (κ2) is 10.5. The molecule has 2 heterocycles. The molecular weight excluding hydrogens is 418 g/mol. The van der Waals surface area contributed by atoms with Crippen molar-refractivity contribution in [3.05, 3.63) is 65.4 Å². The van der Waals surface area contributed by atoms with Gasteiger partial charge in [-0.3, -0.25) is 4.79 Å². The van der Waals surface area contributed by atoms with Gasteiger partial charge in [0.1, 0.15) is 11.5 Å². The fourth-order valence-corrected chi connectivity index (χ4v) is 3.94. The zero-order chi connectivity index (χ0) is 23.2. The lowest BCUT2D eigenvalue weighted by atomic mass is 10.1. The van der Waals surface area contributed by atoms with Gasteiger partial charge in [0.05, 0.1) is 31.7 Å². The first-order chi connectivity index (χ1) is 16.1. The first kappa shape index (κ1) is 22.9. The van der Waals surface area contributed by atoms with E-state index < -0.39 is 0 Å². The number of aromatic nitrogens is 2. The van der Waals surface area contributed by atoms with Crippen molar-refractivity contribution in [3.63, 3.8) is 0 Å². The standard InChI is InChI=1S/C26H31N3O4/c1-4-24-23(13-14-25(30)28-15-17-32-18-16-28)26(33-22-9-5-19(2)6-10-22)29(27-24)20-7-11-21(31-3)12-8-20/h5-12H,4,13-18H2,1-3H3. The number of methoxy groups -OCH3 is 1. The van der Waals surface area contributed by atoms with Crippen molar-refractivity contribution in [1.82, 2.24) is 14.7 Å². The van der Waals surface area contributed by atoms with E-state index in [0.717, 1.165) is 40.4 Å². The van der Waals surface area contributed by atoms with Gasteiger partial charge < -0.3 is 19.1 Å². The predicted octanol–water partition coefficient (Wildman–Crippen LogP) is 4.34. The molecule has 1 aliphatic rings. The quantitative estimate of drug-likeness (QED) is 0.512. The largest absolute Gasteiger partial charge is 0.497 e. The number of hydrogen-bond donors (Lipinski definition) is 0. The van der Waals surface area contributed by atoms with Crippen LogP contribution >= 0.6 is 0 Å². The molecular formula is C26H31N3O4. The second-order valence-electron chi connectivity index (χ2n) is 8.10. The summed E-state index contributed by atoms with van der Waals surface area (Å²) in [6.07, 6.45) is 1.72. The van der Waals surface area contributed by atoms with Gasteiger partial charge in [-0.1, -0.05) is 24.6 Å². The minimum atomic E-state index is 0.138. The summed E-state index contributed by atoms with van der Waals surface area (Å²) in [6, 6.07) is 15.7. The van der Waals surface area contributed by atoms with Crippen molar-refractivity contribution >= 4 is 5.91 Å². The van der Waals surface area contributed by atoms with E-state index in [9.17, 15) is 4.79 Å². The number of amides is 1. The van der Waals surface area contributed by atoms with Crippen LogP contribution < -0.4 is 9.47 Å². The van der Waals surface area contributed by atoms with E-state index in [-0.39, 0.29) is 5.91 Å². The molecule has 1 amide bonds. The van der Waals surface area contributed by atoms with Crippen LogP contribution in [-0.2, 0) is 22.4 Å². The van der Waals surface area contributed by atoms with E-state index in [1.807, 2.05) is 65.0 Å². The Morgan fingerprint density at radius 2 is 1.70 bits per heavy atom. The number of aryl methyl sites for hydroxylation is 2. The number of benzene rings is 2. The summed E-state index contributed by atoms with van der Waals surface area (Å²) in [5.41, 5.74) is 3.94. The van der Waals surface area contributed by atoms with E-state index in [4.69, 9.17) is 19.3 Å². The van der Waals surface area contributed by atoms with Gasteiger partial charge in [-0.25, -0.2) is 4.68 Å². The number of rotatable bonds is 8. The minimum absolute atomic E-state index is 0.138.